The quantitative estimate of drug-likeness (QED) is 0.597. The number of aromatic nitrogens is 2. The molecule has 1 atom stereocenters. The van der Waals surface area contributed by atoms with Gasteiger partial charge in [0.05, 0.1) is 5.41 Å². The van der Waals surface area contributed by atoms with Crippen LogP contribution in [0.15, 0.2) is 57.4 Å². The van der Waals surface area contributed by atoms with Gasteiger partial charge < -0.3 is 18.6 Å². The minimum absolute atomic E-state index is 0.339. The molecule has 1 unspecified atom stereocenters. The third-order valence-corrected chi connectivity index (χ3v) is 5.85. The zero-order valence-corrected chi connectivity index (χ0v) is 16.7. The number of ether oxygens (including phenoxy) is 3. The SMILES string of the molecule is Brc1cccc(C2(c3nnc(C4COc5ccccc5O4)o3)CCOCC2)c1. The van der Waals surface area contributed by atoms with Crippen molar-refractivity contribution in [3.05, 3.63) is 70.3 Å². The summed E-state index contributed by atoms with van der Waals surface area (Å²) >= 11 is 3.57. The predicted octanol–water partition coefficient (Wildman–Crippen LogP) is 4.44. The molecular weight excluding hydrogens is 424 g/mol. The van der Waals surface area contributed by atoms with Gasteiger partial charge in [-0.15, -0.1) is 10.2 Å². The molecule has 0 amide bonds. The Morgan fingerprint density at radius 2 is 1.79 bits per heavy atom. The Bertz CT molecular complexity index is 984. The van der Waals surface area contributed by atoms with E-state index >= 15 is 0 Å². The first-order valence-corrected chi connectivity index (χ1v) is 10.1. The Morgan fingerprint density at radius 3 is 2.61 bits per heavy atom. The number of benzene rings is 2. The second kappa shape index (κ2) is 7.22. The highest BCUT2D eigenvalue weighted by atomic mass is 79.9. The van der Waals surface area contributed by atoms with Gasteiger partial charge in [0.2, 0.25) is 12.0 Å². The highest BCUT2D eigenvalue weighted by molar-refractivity contribution is 9.10. The number of hydrogen-bond donors (Lipinski definition) is 0. The maximum atomic E-state index is 6.18. The number of fused-ring (bicyclic) bond motifs is 1. The fourth-order valence-corrected chi connectivity index (χ4v) is 4.23. The topological polar surface area (TPSA) is 66.6 Å². The van der Waals surface area contributed by atoms with Crippen molar-refractivity contribution in [2.45, 2.75) is 24.4 Å². The normalized spacial score (nSPS) is 20.7. The van der Waals surface area contributed by atoms with Crippen LogP contribution in [0.4, 0.5) is 0 Å². The molecule has 1 aromatic heterocycles. The van der Waals surface area contributed by atoms with Crippen molar-refractivity contribution in [2.24, 2.45) is 0 Å². The first-order chi connectivity index (χ1) is 13.7. The summed E-state index contributed by atoms with van der Waals surface area (Å²) in [6.07, 6.45) is 1.15. The summed E-state index contributed by atoms with van der Waals surface area (Å²) in [6.45, 7) is 1.65. The smallest absolute Gasteiger partial charge is 0.260 e. The summed E-state index contributed by atoms with van der Waals surface area (Å²) in [5.74, 6) is 2.46. The average Bonchev–Trinajstić information content (AvgIpc) is 3.25. The zero-order valence-electron chi connectivity index (χ0n) is 15.1. The lowest BCUT2D eigenvalue weighted by molar-refractivity contribution is 0.0481. The zero-order chi connectivity index (χ0) is 19.0. The lowest BCUT2D eigenvalue weighted by Crippen LogP contribution is -2.35. The molecule has 7 heteroatoms. The van der Waals surface area contributed by atoms with E-state index < -0.39 is 6.10 Å². The summed E-state index contributed by atoms with van der Waals surface area (Å²) < 4.78 is 24.6. The molecule has 0 N–H and O–H groups in total. The first kappa shape index (κ1) is 17.7. The molecule has 5 rings (SSSR count). The lowest BCUT2D eigenvalue weighted by atomic mass is 9.74. The van der Waals surface area contributed by atoms with E-state index in [1.165, 1.54) is 0 Å². The second-order valence-electron chi connectivity index (χ2n) is 7.01. The van der Waals surface area contributed by atoms with Crippen LogP contribution >= 0.6 is 15.9 Å². The van der Waals surface area contributed by atoms with Crippen LogP contribution in [0.5, 0.6) is 11.5 Å². The van der Waals surface area contributed by atoms with Crippen molar-refractivity contribution in [1.29, 1.82) is 0 Å². The van der Waals surface area contributed by atoms with Crippen LogP contribution in [0, 0.1) is 0 Å². The highest BCUT2D eigenvalue weighted by Gasteiger charge is 2.42. The van der Waals surface area contributed by atoms with Crippen LogP contribution in [-0.4, -0.2) is 30.0 Å². The van der Waals surface area contributed by atoms with E-state index in [1.54, 1.807) is 0 Å². The van der Waals surface area contributed by atoms with Gasteiger partial charge >= 0.3 is 0 Å². The van der Waals surface area contributed by atoms with Crippen LogP contribution in [0.2, 0.25) is 0 Å². The molecule has 6 nitrogen and oxygen atoms in total. The molecule has 0 aliphatic carbocycles. The van der Waals surface area contributed by atoms with Gasteiger partial charge in [-0.2, -0.15) is 0 Å². The Morgan fingerprint density at radius 1 is 0.964 bits per heavy atom. The molecule has 2 aromatic carbocycles. The fourth-order valence-electron chi connectivity index (χ4n) is 3.83. The van der Waals surface area contributed by atoms with Crippen molar-refractivity contribution in [1.82, 2.24) is 10.2 Å². The maximum absolute atomic E-state index is 6.18. The van der Waals surface area contributed by atoms with E-state index in [1.807, 2.05) is 36.4 Å². The van der Waals surface area contributed by atoms with Gasteiger partial charge in [-0.25, -0.2) is 0 Å². The third kappa shape index (κ3) is 3.08. The van der Waals surface area contributed by atoms with Crippen molar-refractivity contribution in [3.63, 3.8) is 0 Å². The summed E-state index contributed by atoms with van der Waals surface area (Å²) in [5, 5.41) is 8.73. The molecule has 0 spiro atoms. The molecule has 144 valence electrons. The monoisotopic (exact) mass is 442 g/mol. The molecule has 0 radical (unpaired) electrons. The Balaban J connectivity index is 1.48. The lowest BCUT2D eigenvalue weighted by Gasteiger charge is -2.34. The molecule has 3 heterocycles. The van der Waals surface area contributed by atoms with Gasteiger partial charge in [-0.3, -0.25) is 0 Å². The number of halogens is 1. The van der Waals surface area contributed by atoms with Crippen LogP contribution < -0.4 is 9.47 Å². The Hall–Kier alpha value is -2.38. The van der Waals surface area contributed by atoms with E-state index in [0.29, 0.717) is 37.4 Å². The van der Waals surface area contributed by atoms with Gasteiger partial charge in [0, 0.05) is 17.7 Å². The molecule has 1 fully saturated rings. The number of hydrogen-bond acceptors (Lipinski definition) is 6. The molecule has 2 aliphatic rings. The number of rotatable bonds is 3. The predicted molar refractivity (Wildman–Crippen MR) is 105 cm³/mol. The third-order valence-electron chi connectivity index (χ3n) is 5.36. The van der Waals surface area contributed by atoms with Gasteiger partial charge in [-0.05, 0) is 42.7 Å². The summed E-state index contributed by atoms with van der Waals surface area (Å²) in [6, 6.07) is 15.9. The molecule has 0 bridgehead atoms. The van der Waals surface area contributed by atoms with Gasteiger partial charge in [0.15, 0.2) is 11.5 Å². The molecular formula is C21H19BrN2O4. The summed E-state index contributed by atoms with van der Waals surface area (Å²) in [7, 11) is 0. The van der Waals surface area contributed by atoms with E-state index in [2.05, 4.69) is 38.3 Å². The minimum atomic E-state index is -0.421. The first-order valence-electron chi connectivity index (χ1n) is 9.31. The summed E-state index contributed by atoms with van der Waals surface area (Å²) in [5.41, 5.74) is 0.785. The van der Waals surface area contributed by atoms with Crippen LogP contribution in [0.1, 0.15) is 36.3 Å². The second-order valence-corrected chi connectivity index (χ2v) is 7.93. The van der Waals surface area contributed by atoms with Gasteiger partial charge in [0.1, 0.15) is 6.61 Å². The fraction of sp³-hybridized carbons (Fsp3) is 0.333. The Kier molecular flexibility index (Phi) is 4.56. The number of nitrogens with zero attached hydrogens (tertiary/aromatic N) is 2. The van der Waals surface area contributed by atoms with Crippen molar-refractivity contribution >= 4 is 15.9 Å². The van der Waals surface area contributed by atoms with Crippen LogP contribution in [0.3, 0.4) is 0 Å². The van der Waals surface area contributed by atoms with Gasteiger partial charge in [-0.1, -0.05) is 40.2 Å². The van der Waals surface area contributed by atoms with Crippen LogP contribution in [0.25, 0.3) is 0 Å². The van der Waals surface area contributed by atoms with E-state index in [0.717, 1.165) is 28.6 Å². The molecule has 1 saturated heterocycles. The maximum Gasteiger partial charge on any atom is 0.260 e. The number of para-hydroxylation sites is 2. The molecule has 0 saturated carbocycles. The average molecular weight is 443 g/mol. The van der Waals surface area contributed by atoms with Crippen LogP contribution in [-0.2, 0) is 10.2 Å². The van der Waals surface area contributed by atoms with Crippen molar-refractivity contribution in [2.75, 3.05) is 19.8 Å². The molecule has 2 aliphatic heterocycles. The van der Waals surface area contributed by atoms with Crippen molar-refractivity contribution in [3.8, 4) is 11.5 Å². The van der Waals surface area contributed by atoms with Gasteiger partial charge in [0.25, 0.3) is 5.89 Å². The van der Waals surface area contributed by atoms with E-state index in [9.17, 15) is 0 Å². The highest BCUT2D eigenvalue weighted by Crippen LogP contribution is 2.42. The molecule has 28 heavy (non-hydrogen) atoms. The standard InChI is InChI=1S/C21H19BrN2O4/c22-15-5-3-4-14(12-15)21(8-10-25-11-9-21)20-24-23-19(28-20)18-13-26-16-6-1-2-7-17(16)27-18/h1-7,12,18H,8-11,13H2. The van der Waals surface area contributed by atoms with Crippen molar-refractivity contribution < 1.29 is 18.6 Å². The molecule has 3 aromatic rings. The minimum Gasteiger partial charge on any atom is -0.485 e. The summed E-state index contributed by atoms with van der Waals surface area (Å²) in [4.78, 5) is 0. The Labute approximate surface area is 170 Å². The van der Waals surface area contributed by atoms with E-state index in [-0.39, 0.29) is 5.41 Å². The largest absolute Gasteiger partial charge is 0.485 e. The van der Waals surface area contributed by atoms with E-state index in [4.69, 9.17) is 18.6 Å².